The Labute approximate surface area is 106 Å². The summed E-state index contributed by atoms with van der Waals surface area (Å²) in [6, 6.07) is 7.51. The second-order valence-electron chi connectivity index (χ2n) is 5.59. The zero-order valence-corrected chi connectivity index (χ0v) is 11.4. The molecule has 1 aromatic rings. The molecule has 1 fully saturated rings. The summed E-state index contributed by atoms with van der Waals surface area (Å²) >= 11 is 0. The molecule has 0 aromatic heterocycles. The van der Waals surface area contributed by atoms with Crippen molar-refractivity contribution in [2.75, 3.05) is 7.05 Å². The molecule has 0 saturated heterocycles. The Kier molecular flexibility index (Phi) is 4.22. The maximum atomic E-state index is 3.54. The highest BCUT2D eigenvalue weighted by molar-refractivity contribution is 5.31. The monoisotopic (exact) mass is 231 g/mol. The van der Waals surface area contributed by atoms with Gasteiger partial charge in [0.25, 0.3) is 0 Å². The Hall–Kier alpha value is -0.820. The SMILES string of the molecule is CNC(c1cc(C)cc(C)c1)C1CCCCC1. The van der Waals surface area contributed by atoms with Crippen LogP contribution < -0.4 is 5.32 Å². The topological polar surface area (TPSA) is 12.0 Å². The molecule has 2 rings (SSSR count). The summed E-state index contributed by atoms with van der Waals surface area (Å²) in [6.07, 6.45) is 7.03. The van der Waals surface area contributed by atoms with Gasteiger partial charge in [0.05, 0.1) is 0 Å². The molecule has 0 amide bonds. The van der Waals surface area contributed by atoms with Crippen LogP contribution in [0.4, 0.5) is 0 Å². The lowest BCUT2D eigenvalue weighted by Crippen LogP contribution is -2.27. The van der Waals surface area contributed by atoms with E-state index >= 15 is 0 Å². The fraction of sp³-hybridized carbons (Fsp3) is 0.625. The van der Waals surface area contributed by atoms with E-state index < -0.39 is 0 Å². The standard InChI is InChI=1S/C16H25N/c1-12-9-13(2)11-15(10-12)16(17-3)14-7-5-4-6-8-14/h9-11,14,16-17H,4-8H2,1-3H3. The third kappa shape index (κ3) is 3.10. The molecule has 1 N–H and O–H groups in total. The molecule has 1 nitrogen and oxygen atoms in total. The number of aryl methyl sites for hydroxylation is 2. The van der Waals surface area contributed by atoms with E-state index in [1.165, 1.54) is 48.8 Å². The Balaban J connectivity index is 2.21. The van der Waals surface area contributed by atoms with Gasteiger partial charge in [0, 0.05) is 6.04 Å². The lowest BCUT2D eigenvalue weighted by atomic mass is 9.80. The van der Waals surface area contributed by atoms with Gasteiger partial charge in [-0.15, -0.1) is 0 Å². The molecule has 0 spiro atoms. The van der Waals surface area contributed by atoms with E-state index in [9.17, 15) is 0 Å². The van der Waals surface area contributed by atoms with E-state index in [1.807, 2.05) is 0 Å². The smallest absolute Gasteiger partial charge is 0.0346 e. The highest BCUT2D eigenvalue weighted by Crippen LogP contribution is 2.34. The zero-order valence-electron chi connectivity index (χ0n) is 11.4. The molecule has 1 aromatic carbocycles. The number of benzene rings is 1. The van der Waals surface area contributed by atoms with Gasteiger partial charge in [-0.25, -0.2) is 0 Å². The van der Waals surface area contributed by atoms with E-state index in [4.69, 9.17) is 0 Å². The minimum atomic E-state index is 0.550. The lowest BCUT2D eigenvalue weighted by molar-refractivity contribution is 0.281. The van der Waals surface area contributed by atoms with E-state index in [0.717, 1.165) is 5.92 Å². The van der Waals surface area contributed by atoms with Crippen molar-refractivity contribution >= 4 is 0 Å². The van der Waals surface area contributed by atoms with Crippen molar-refractivity contribution < 1.29 is 0 Å². The molecule has 1 aliphatic rings. The molecule has 1 heteroatoms. The van der Waals surface area contributed by atoms with Gasteiger partial charge in [-0.2, -0.15) is 0 Å². The summed E-state index contributed by atoms with van der Waals surface area (Å²) in [5.41, 5.74) is 4.25. The number of hydrogen-bond acceptors (Lipinski definition) is 1. The highest BCUT2D eigenvalue weighted by atomic mass is 14.9. The molecule has 0 heterocycles. The van der Waals surface area contributed by atoms with Crippen LogP contribution in [0.3, 0.4) is 0 Å². The minimum absolute atomic E-state index is 0.550. The van der Waals surface area contributed by atoms with Crippen molar-refractivity contribution in [1.82, 2.24) is 5.32 Å². The van der Waals surface area contributed by atoms with Crippen LogP contribution in [0, 0.1) is 19.8 Å². The summed E-state index contributed by atoms with van der Waals surface area (Å²) < 4.78 is 0. The van der Waals surface area contributed by atoms with Crippen molar-refractivity contribution in [1.29, 1.82) is 0 Å². The second-order valence-corrected chi connectivity index (χ2v) is 5.59. The Morgan fingerprint density at radius 3 is 2.12 bits per heavy atom. The summed E-state index contributed by atoms with van der Waals surface area (Å²) in [4.78, 5) is 0. The van der Waals surface area contributed by atoms with Crippen LogP contribution in [0.15, 0.2) is 18.2 Å². The maximum absolute atomic E-state index is 3.54. The van der Waals surface area contributed by atoms with Crippen LogP contribution in [0.5, 0.6) is 0 Å². The molecular weight excluding hydrogens is 206 g/mol. The fourth-order valence-corrected chi connectivity index (χ4v) is 3.33. The molecule has 0 radical (unpaired) electrons. The second kappa shape index (κ2) is 5.68. The maximum Gasteiger partial charge on any atom is 0.0346 e. The Morgan fingerprint density at radius 2 is 1.59 bits per heavy atom. The first kappa shape index (κ1) is 12.6. The van der Waals surface area contributed by atoms with Gasteiger partial charge < -0.3 is 5.32 Å². The minimum Gasteiger partial charge on any atom is -0.313 e. The third-order valence-electron chi connectivity index (χ3n) is 4.04. The predicted molar refractivity (Wildman–Crippen MR) is 74.3 cm³/mol. The van der Waals surface area contributed by atoms with Gasteiger partial charge in [-0.05, 0) is 45.2 Å². The van der Waals surface area contributed by atoms with Gasteiger partial charge >= 0.3 is 0 Å². The molecule has 94 valence electrons. The molecule has 17 heavy (non-hydrogen) atoms. The Morgan fingerprint density at radius 1 is 1.00 bits per heavy atom. The highest BCUT2D eigenvalue weighted by Gasteiger charge is 2.23. The van der Waals surface area contributed by atoms with E-state index in [-0.39, 0.29) is 0 Å². The van der Waals surface area contributed by atoms with Crippen molar-refractivity contribution in [3.8, 4) is 0 Å². The number of nitrogens with one attached hydrogen (secondary N) is 1. The molecule has 0 bridgehead atoms. The van der Waals surface area contributed by atoms with Crippen molar-refractivity contribution in [3.63, 3.8) is 0 Å². The first-order valence-electron chi connectivity index (χ1n) is 6.96. The van der Waals surface area contributed by atoms with Crippen LogP contribution in [0.25, 0.3) is 0 Å². The molecule has 0 aliphatic heterocycles. The number of hydrogen-bond donors (Lipinski definition) is 1. The van der Waals surface area contributed by atoms with Crippen LogP contribution in [0.1, 0.15) is 54.8 Å². The molecule has 1 atom stereocenters. The number of rotatable bonds is 3. The summed E-state index contributed by atoms with van der Waals surface area (Å²) in [5.74, 6) is 0.829. The van der Waals surface area contributed by atoms with Gasteiger partial charge in [0.1, 0.15) is 0 Å². The summed E-state index contributed by atoms with van der Waals surface area (Å²) in [7, 11) is 2.11. The van der Waals surface area contributed by atoms with Crippen molar-refractivity contribution in [2.24, 2.45) is 5.92 Å². The Bertz CT molecular complexity index is 344. The largest absolute Gasteiger partial charge is 0.313 e. The molecule has 1 unspecified atom stereocenters. The molecule has 1 saturated carbocycles. The fourth-order valence-electron chi connectivity index (χ4n) is 3.33. The molecule has 1 aliphatic carbocycles. The van der Waals surface area contributed by atoms with E-state index in [1.54, 1.807) is 0 Å². The first-order valence-corrected chi connectivity index (χ1v) is 6.96. The zero-order chi connectivity index (χ0) is 12.3. The van der Waals surface area contributed by atoms with Crippen molar-refractivity contribution in [3.05, 3.63) is 34.9 Å². The van der Waals surface area contributed by atoms with E-state index in [0.29, 0.717) is 6.04 Å². The van der Waals surface area contributed by atoms with E-state index in [2.05, 4.69) is 44.4 Å². The van der Waals surface area contributed by atoms with Crippen molar-refractivity contribution in [2.45, 2.75) is 52.0 Å². The quantitative estimate of drug-likeness (QED) is 0.824. The summed E-state index contributed by atoms with van der Waals surface area (Å²) in [6.45, 7) is 4.40. The van der Waals surface area contributed by atoms with Gasteiger partial charge in [0.2, 0.25) is 0 Å². The van der Waals surface area contributed by atoms with Crippen LogP contribution in [-0.4, -0.2) is 7.05 Å². The molecular formula is C16H25N. The van der Waals surface area contributed by atoms with Gasteiger partial charge in [-0.1, -0.05) is 48.6 Å². The van der Waals surface area contributed by atoms with Gasteiger partial charge in [-0.3, -0.25) is 0 Å². The average Bonchev–Trinajstić information content (AvgIpc) is 2.30. The average molecular weight is 231 g/mol. The van der Waals surface area contributed by atoms with Crippen LogP contribution in [-0.2, 0) is 0 Å². The van der Waals surface area contributed by atoms with Gasteiger partial charge in [0.15, 0.2) is 0 Å². The first-order chi connectivity index (χ1) is 8.20. The third-order valence-corrected chi connectivity index (χ3v) is 4.04. The summed E-state index contributed by atoms with van der Waals surface area (Å²) in [5, 5.41) is 3.54. The lowest BCUT2D eigenvalue weighted by Gasteiger charge is -2.30. The van der Waals surface area contributed by atoms with Crippen LogP contribution >= 0.6 is 0 Å². The predicted octanol–water partition coefficient (Wildman–Crippen LogP) is 4.14. The normalized spacial score (nSPS) is 19.2. The van der Waals surface area contributed by atoms with Crippen LogP contribution in [0.2, 0.25) is 0 Å².